The van der Waals surface area contributed by atoms with Crippen LogP contribution in [-0.2, 0) is 23.4 Å². The third-order valence-electron chi connectivity index (χ3n) is 5.78. The molecule has 3 N–H and O–H groups in total. The molecule has 3 aromatic rings. The van der Waals surface area contributed by atoms with Crippen LogP contribution in [-0.4, -0.2) is 58.5 Å². The quantitative estimate of drug-likeness (QED) is 0.259. The summed E-state index contributed by atoms with van der Waals surface area (Å²) in [6.45, 7) is 3.34. The summed E-state index contributed by atoms with van der Waals surface area (Å²) in [6, 6.07) is 3.36. The molecular weight excluding hydrogens is 562 g/mol. The third kappa shape index (κ3) is 6.14. The first-order chi connectivity index (χ1) is 18.0. The first-order valence-corrected chi connectivity index (χ1v) is 13.8. The van der Waals surface area contributed by atoms with Gasteiger partial charge in [-0.15, -0.1) is 0 Å². The number of rotatable bonds is 10. The number of hydrogen-bond acceptors (Lipinski definition) is 11. The van der Waals surface area contributed by atoms with Crippen molar-refractivity contribution in [1.29, 1.82) is 0 Å². The molecule has 206 valence electrons. The highest BCUT2D eigenvalue weighted by Gasteiger charge is 2.38. The molecule has 38 heavy (non-hydrogen) atoms. The molecule has 0 spiro atoms. The second kappa shape index (κ2) is 11.6. The van der Waals surface area contributed by atoms with Crippen molar-refractivity contribution < 1.29 is 32.6 Å². The maximum Gasteiger partial charge on any atom is 0.459 e. The summed E-state index contributed by atoms with van der Waals surface area (Å²) in [5.41, 5.74) is 6.73. The van der Waals surface area contributed by atoms with Crippen LogP contribution in [0, 0.1) is 5.92 Å². The number of benzene rings is 1. The van der Waals surface area contributed by atoms with Crippen LogP contribution in [0.15, 0.2) is 24.5 Å². The number of aromatic nitrogens is 4. The molecule has 16 heteroatoms. The lowest BCUT2D eigenvalue weighted by molar-refractivity contribution is -0.142. The normalized spacial score (nSPS) is 21.7. The molecule has 5 unspecified atom stereocenters. The third-order valence-corrected chi connectivity index (χ3v) is 8.16. The van der Waals surface area contributed by atoms with E-state index in [0.29, 0.717) is 22.6 Å². The average Bonchev–Trinajstić information content (AvgIpc) is 3.46. The molecule has 0 amide bonds. The Kier molecular flexibility index (Phi) is 8.65. The highest BCUT2D eigenvalue weighted by atomic mass is 35.5. The summed E-state index contributed by atoms with van der Waals surface area (Å²) in [5, 5.41) is 3.08. The molecule has 0 saturated carbocycles. The van der Waals surface area contributed by atoms with Gasteiger partial charge >= 0.3 is 13.7 Å². The first-order valence-electron chi connectivity index (χ1n) is 11.5. The Morgan fingerprint density at radius 3 is 2.76 bits per heavy atom. The van der Waals surface area contributed by atoms with E-state index >= 15 is 0 Å². The van der Waals surface area contributed by atoms with E-state index in [4.69, 9.17) is 52.2 Å². The Balaban J connectivity index is 1.51. The number of hydrogen-bond donors (Lipinski definition) is 2. The fourth-order valence-corrected chi connectivity index (χ4v) is 5.81. The molecule has 1 aromatic carbocycles. The number of halogens is 2. The smallest absolute Gasteiger partial charge is 0.459 e. The average molecular weight is 589 g/mol. The van der Waals surface area contributed by atoms with Crippen molar-refractivity contribution in [3.63, 3.8) is 0 Å². The Hall–Kier alpha value is -2.67. The second-order valence-electron chi connectivity index (χ2n) is 8.61. The Labute approximate surface area is 228 Å². The van der Waals surface area contributed by atoms with E-state index in [1.165, 1.54) is 39.3 Å². The van der Waals surface area contributed by atoms with E-state index in [2.05, 4.69) is 20.0 Å². The topological polar surface area (TPSA) is 162 Å². The van der Waals surface area contributed by atoms with Crippen LogP contribution < -0.4 is 20.1 Å². The number of fused-ring (bicyclic) bond motifs is 1. The summed E-state index contributed by atoms with van der Waals surface area (Å²) in [5.74, 6) is -0.237. The maximum atomic E-state index is 13.7. The van der Waals surface area contributed by atoms with Crippen LogP contribution >= 0.6 is 30.9 Å². The lowest BCUT2D eigenvalue weighted by Gasteiger charge is -2.24. The fraction of sp³-hybridized carbons (Fsp3) is 0.455. The van der Waals surface area contributed by atoms with Gasteiger partial charge in [0.25, 0.3) is 0 Å². The second-order valence-corrected chi connectivity index (χ2v) is 11.1. The number of nitrogens with one attached hydrogen (secondary N) is 1. The summed E-state index contributed by atoms with van der Waals surface area (Å²) in [7, 11) is -1.43. The van der Waals surface area contributed by atoms with Crippen LogP contribution in [0.1, 0.15) is 26.5 Å². The molecule has 1 aliphatic heterocycles. The molecule has 2 aromatic heterocycles. The molecular formula is C22H27Cl2N6O7P. The largest absolute Gasteiger partial charge is 0.479 e. The van der Waals surface area contributed by atoms with Crippen molar-refractivity contribution in [1.82, 2.24) is 24.6 Å². The minimum atomic E-state index is -4.11. The van der Waals surface area contributed by atoms with Crippen LogP contribution in [0.3, 0.4) is 0 Å². The van der Waals surface area contributed by atoms with Crippen LogP contribution in [0.4, 0.5) is 5.95 Å². The molecule has 0 radical (unpaired) electrons. The zero-order valence-electron chi connectivity index (χ0n) is 21.0. The zero-order chi connectivity index (χ0) is 27.6. The van der Waals surface area contributed by atoms with Gasteiger partial charge in [-0.3, -0.25) is 13.9 Å². The van der Waals surface area contributed by atoms with Crippen molar-refractivity contribution in [3.8, 4) is 11.6 Å². The van der Waals surface area contributed by atoms with Crippen LogP contribution in [0.25, 0.3) is 11.2 Å². The fourth-order valence-electron chi connectivity index (χ4n) is 4.01. The molecule has 1 aliphatic rings. The number of nitrogens with two attached hydrogens (primary N) is 1. The van der Waals surface area contributed by atoms with Gasteiger partial charge in [0, 0.05) is 12.0 Å². The van der Waals surface area contributed by atoms with Gasteiger partial charge in [0.1, 0.15) is 18.0 Å². The molecule has 5 atom stereocenters. The van der Waals surface area contributed by atoms with Gasteiger partial charge < -0.3 is 24.5 Å². The molecule has 13 nitrogen and oxygen atoms in total. The number of imidazole rings is 1. The van der Waals surface area contributed by atoms with Gasteiger partial charge in [0.15, 0.2) is 11.2 Å². The number of carbonyl (C=O) groups excluding carboxylic acids is 1. The molecule has 0 aliphatic carbocycles. The number of esters is 1. The van der Waals surface area contributed by atoms with Gasteiger partial charge in [-0.2, -0.15) is 15.1 Å². The van der Waals surface area contributed by atoms with Crippen LogP contribution in [0.2, 0.25) is 10.0 Å². The molecule has 4 rings (SSSR count). The van der Waals surface area contributed by atoms with Crippen molar-refractivity contribution in [3.05, 3.63) is 34.6 Å². The summed E-state index contributed by atoms with van der Waals surface area (Å²) in [4.78, 5) is 24.7. The standard InChI is InChI=1S/C22H27Cl2N6O7P/c1-11-7-14(36-20(11)30-10-26-17-18(30)27-22(25)28-19(17)33-3)9-35-38(32,29-12(2)21(31)34-4)37-13-5-6-15(23)16(24)8-13/h5-6,8,10-12,14,20H,7,9H2,1-4H3,(H,29,32)(H2,25,27,28). The Morgan fingerprint density at radius 2 is 2.08 bits per heavy atom. The summed E-state index contributed by atoms with van der Waals surface area (Å²) in [6.07, 6.45) is 1.18. The first kappa shape index (κ1) is 28.3. The zero-order valence-corrected chi connectivity index (χ0v) is 23.4. The number of nitrogens with zero attached hydrogens (tertiary/aromatic N) is 4. The molecule has 3 heterocycles. The monoisotopic (exact) mass is 588 g/mol. The van der Waals surface area contributed by atoms with E-state index in [1.807, 2.05) is 6.92 Å². The minimum Gasteiger partial charge on any atom is -0.479 e. The summed E-state index contributed by atoms with van der Waals surface area (Å²) < 4.78 is 43.0. The van der Waals surface area contributed by atoms with Crippen LogP contribution in [0.5, 0.6) is 11.6 Å². The van der Waals surface area contributed by atoms with Crippen molar-refractivity contribution in [2.24, 2.45) is 5.92 Å². The van der Waals surface area contributed by atoms with Gasteiger partial charge in [0.2, 0.25) is 11.8 Å². The number of methoxy groups -OCH3 is 2. The van der Waals surface area contributed by atoms with Gasteiger partial charge in [0.05, 0.1) is 43.3 Å². The van der Waals surface area contributed by atoms with Gasteiger partial charge in [-0.05, 0) is 25.5 Å². The van der Waals surface area contributed by atoms with E-state index in [9.17, 15) is 9.36 Å². The van der Waals surface area contributed by atoms with Gasteiger partial charge in [-0.1, -0.05) is 30.1 Å². The predicted octanol–water partition coefficient (Wildman–Crippen LogP) is 4.00. The number of nitrogen functional groups attached to an aromatic ring is 1. The number of ether oxygens (including phenoxy) is 3. The highest BCUT2D eigenvalue weighted by Crippen LogP contribution is 2.47. The van der Waals surface area contributed by atoms with E-state index in [1.54, 1.807) is 10.9 Å². The Bertz CT molecular complexity index is 1380. The molecule has 1 fully saturated rings. The van der Waals surface area contributed by atoms with Crippen molar-refractivity contribution in [2.75, 3.05) is 26.6 Å². The van der Waals surface area contributed by atoms with Crippen molar-refractivity contribution >= 4 is 54.0 Å². The van der Waals surface area contributed by atoms with Crippen molar-refractivity contribution in [2.45, 2.75) is 38.6 Å². The molecule has 0 bridgehead atoms. The lowest BCUT2D eigenvalue weighted by atomic mass is 10.1. The minimum absolute atomic E-state index is 0.000474. The van der Waals surface area contributed by atoms with E-state index in [-0.39, 0.29) is 35.1 Å². The SMILES string of the molecule is COC(=O)C(C)NP(=O)(OCC1CC(C)C(n2cnc3c(OC)nc(N)nc32)O1)Oc1ccc(Cl)c(Cl)c1. The molecule has 1 saturated heterocycles. The highest BCUT2D eigenvalue weighted by molar-refractivity contribution is 7.52. The Morgan fingerprint density at radius 1 is 1.32 bits per heavy atom. The number of carbonyl (C=O) groups is 1. The summed E-state index contributed by atoms with van der Waals surface area (Å²) >= 11 is 12.0. The maximum absolute atomic E-state index is 13.7. The van der Waals surface area contributed by atoms with E-state index in [0.717, 1.165) is 0 Å². The number of anilines is 1. The van der Waals surface area contributed by atoms with E-state index < -0.39 is 32.1 Å². The predicted molar refractivity (Wildman–Crippen MR) is 139 cm³/mol. The van der Waals surface area contributed by atoms with Gasteiger partial charge in [-0.25, -0.2) is 9.55 Å². The lowest BCUT2D eigenvalue weighted by Crippen LogP contribution is -2.35.